The second-order valence-corrected chi connectivity index (χ2v) is 4.43. The Balaban J connectivity index is 2.22. The maximum atomic E-state index is 5.46. The average molecular weight is 267 g/mol. The summed E-state index contributed by atoms with van der Waals surface area (Å²) in [5.74, 6) is 7.54. The molecule has 1 aromatic rings. The summed E-state index contributed by atoms with van der Waals surface area (Å²) in [7, 11) is 0. The normalized spacial score (nSPS) is 19.5. The minimum Gasteiger partial charge on any atom is -0.377 e. The van der Waals surface area contributed by atoms with Crippen molar-refractivity contribution < 1.29 is 9.47 Å². The lowest BCUT2D eigenvalue weighted by Crippen LogP contribution is -2.44. The molecule has 0 bridgehead atoms. The highest BCUT2D eigenvalue weighted by Gasteiger charge is 2.21. The molecule has 0 saturated carbocycles. The Morgan fingerprint density at radius 2 is 2.42 bits per heavy atom. The Bertz CT molecular complexity index is 415. The highest BCUT2D eigenvalue weighted by molar-refractivity contribution is 5.49. The van der Waals surface area contributed by atoms with Gasteiger partial charge in [0.05, 0.1) is 19.3 Å². The first-order valence-electron chi connectivity index (χ1n) is 6.51. The second kappa shape index (κ2) is 6.65. The van der Waals surface area contributed by atoms with Gasteiger partial charge in [-0.05, 0) is 13.8 Å². The Kier molecular flexibility index (Phi) is 4.89. The standard InChI is InChI=1S/C12H21N5O2/c1-3-18-8-11-14-10(16-13)6-12(15-11)17-4-5-19-7-9(17)2/h6,9H,3-5,7-8,13H2,1-2H3,(H,14,15,16). The molecule has 19 heavy (non-hydrogen) atoms. The fourth-order valence-corrected chi connectivity index (χ4v) is 2.03. The molecule has 1 fully saturated rings. The fourth-order valence-electron chi connectivity index (χ4n) is 2.03. The molecular formula is C12H21N5O2. The number of nitrogens with two attached hydrogens (primary N) is 1. The Morgan fingerprint density at radius 1 is 1.58 bits per heavy atom. The van der Waals surface area contributed by atoms with Crippen LogP contribution in [0.2, 0.25) is 0 Å². The van der Waals surface area contributed by atoms with E-state index < -0.39 is 0 Å². The lowest BCUT2D eigenvalue weighted by atomic mass is 10.2. The summed E-state index contributed by atoms with van der Waals surface area (Å²) >= 11 is 0. The molecule has 106 valence electrons. The van der Waals surface area contributed by atoms with Crippen LogP contribution in [0.5, 0.6) is 0 Å². The maximum absolute atomic E-state index is 5.46. The van der Waals surface area contributed by atoms with Crippen molar-refractivity contribution in [1.82, 2.24) is 9.97 Å². The third-order valence-electron chi connectivity index (χ3n) is 3.00. The van der Waals surface area contributed by atoms with Crippen molar-refractivity contribution in [3.05, 3.63) is 11.9 Å². The molecule has 1 aromatic heterocycles. The monoisotopic (exact) mass is 267 g/mol. The highest BCUT2D eigenvalue weighted by atomic mass is 16.5. The van der Waals surface area contributed by atoms with Crippen LogP contribution in [0.3, 0.4) is 0 Å². The van der Waals surface area contributed by atoms with Gasteiger partial charge in [0.25, 0.3) is 0 Å². The summed E-state index contributed by atoms with van der Waals surface area (Å²) in [6, 6.07) is 2.13. The minimum absolute atomic E-state index is 0.286. The summed E-state index contributed by atoms with van der Waals surface area (Å²) in [6.07, 6.45) is 0. The van der Waals surface area contributed by atoms with Crippen LogP contribution in [-0.2, 0) is 16.1 Å². The first-order chi connectivity index (χ1) is 9.24. The van der Waals surface area contributed by atoms with Crippen LogP contribution >= 0.6 is 0 Å². The molecule has 0 amide bonds. The van der Waals surface area contributed by atoms with Crippen LogP contribution in [-0.4, -0.2) is 42.4 Å². The van der Waals surface area contributed by atoms with Gasteiger partial charge in [0, 0.05) is 19.2 Å². The predicted octanol–water partition coefficient (Wildman–Crippen LogP) is 0.524. The highest BCUT2D eigenvalue weighted by Crippen LogP contribution is 2.20. The molecule has 1 saturated heterocycles. The summed E-state index contributed by atoms with van der Waals surface area (Å²) in [4.78, 5) is 11.0. The number of aromatic nitrogens is 2. The maximum Gasteiger partial charge on any atom is 0.158 e. The number of hydrogen-bond acceptors (Lipinski definition) is 7. The minimum atomic E-state index is 0.286. The largest absolute Gasteiger partial charge is 0.377 e. The van der Waals surface area contributed by atoms with Gasteiger partial charge in [0.2, 0.25) is 0 Å². The SMILES string of the molecule is CCOCc1nc(NN)cc(N2CCOCC2C)n1. The van der Waals surface area contributed by atoms with Crippen molar-refractivity contribution in [2.75, 3.05) is 36.7 Å². The molecule has 0 spiro atoms. The van der Waals surface area contributed by atoms with E-state index >= 15 is 0 Å². The zero-order valence-electron chi connectivity index (χ0n) is 11.4. The van der Waals surface area contributed by atoms with Gasteiger partial charge in [-0.3, -0.25) is 0 Å². The molecule has 1 aliphatic rings. The summed E-state index contributed by atoms with van der Waals surface area (Å²) < 4.78 is 10.8. The number of nitrogens with zero attached hydrogens (tertiary/aromatic N) is 3. The van der Waals surface area contributed by atoms with Gasteiger partial charge in [-0.25, -0.2) is 15.8 Å². The van der Waals surface area contributed by atoms with Crippen LogP contribution in [0.1, 0.15) is 19.7 Å². The number of nitrogen functional groups attached to an aromatic ring is 1. The number of morpholine rings is 1. The van der Waals surface area contributed by atoms with Crippen LogP contribution in [0.25, 0.3) is 0 Å². The molecule has 1 unspecified atom stereocenters. The molecule has 1 aliphatic heterocycles. The zero-order chi connectivity index (χ0) is 13.7. The predicted molar refractivity (Wildman–Crippen MR) is 72.8 cm³/mol. The third kappa shape index (κ3) is 3.52. The van der Waals surface area contributed by atoms with E-state index in [2.05, 4.69) is 27.2 Å². The van der Waals surface area contributed by atoms with Crippen molar-refractivity contribution in [3.63, 3.8) is 0 Å². The fraction of sp³-hybridized carbons (Fsp3) is 0.667. The first kappa shape index (κ1) is 14.0. The quantitative estimate of drug-likeness (QED) is 0.594. The van der Waals surface area contributed by atoms with E-state index in [4.69, 9.17) is 15.3 Å². The van der Waals surface area contributed by atoms with Crippen molar-refractivity contribution in [1.29, 1.82) is 0 Å². The van der Waals surface area contributed by atoms with Gasteiger partial charge < -0.3 is 19.8 Å². The van der Waals surface area contributed by atoms with E-state index in [1.807, 2.05) is 13.0 Å². The van der Waals surface area contributed by atoms with Gasteiger partial charge in [-0.1, -0.05) is 0 Å². The van der Waals surface area contributed by atoms with E-state index in [1.54, 1.807) is 0 Å². The van der Waals surface area contributed by atoms with E-state index in [0.717, 1.165) is 12.4 Å². The number of ether oxygens (including phenoxy) is 2. The van der Waals surface area contributed by atoms with Crippen LogP contribution < -0.4 is 16.2 Å². The van der Waals surface area contributed by atoms with E-state index in [0.29, 0.717) is 38.1 Å². The smallest absolute Gasteiger partial charge is 0.158 e. The van der Waals surface area contributed by atoms with Crippen LogP contribution in [0, 0.1) is 0 Å². The van der Waals surface area contributed by atoms with Crippen molar-refractivity contribution in [3.8, 4) is 0 Å². The number of hydrazine groups is 1. The van der Waals surface area contributed by atoms with E-state index in [9.17, 15) is 0 Å². The zero-order valence-corrected chi connectivity index (χ0v) is 11.4. The van der Waals surface area contributed by atoms with Crippen LogP contribution in [0.4, 0.5) is 11.6 Å². The number of hydrogen-bond donors (Lipinski definition) is 2. The first-order valence-corrected chi connectivity index (χ1v) is 6.51. The van der Waals surface area contributed by atoms with Gasteiger partial charge in [-0.15, -0.1) is 0 Å². The lowest BCUT2D eigenvalue weighted by molar-refractivity contribution is 0.0982. The third-order valence-corrected chi connectivity index (χ3v) is 3.00. The van der Waals surface area contributed by atoms with Crippen molar-refractivity contribution in [2.24, 2.45) is 5.84 Å². The Hall–Kier alpha value is -1.44. The molecule has 7 heteroatoms. The molecule has 0 aliphatic carbocycles. The number of anilines is 2. The summed E-state index contributed by atoms with van der Waals surface area (Å²) in [5.41, 5.74) is 2.57. The van der Waals surface area contributed by atoms with Crippen molar-refractivity contribution in [2.45, 2.75) is 26.5 Å². The van der Waals surface area contributed by atoms with E-state index in [1.165, 1.54) is 0 Å². The van der Waals surface area contributed by atoms with Gasteiger partial charge in [-0.2, -0.15) is 0 Å². The molecule has 0 radical (unpaired) electrons. The number of rotatable bonds is 5. The van der Waals surface area contributed by atoms with E-state index in [-0.39, 0.29) is 6.04 Å². The number of nitrogens with one attached hydrogen (secondary N) is 1. The average Bonchev–Trinajstić information content (AvgIpc) is 2.45. The van der Waals surface area contributed by atoms with Gasteiger partial charge in [0.1, 0.15) is 18.2 Å². The summed E-state index contributed by atoms with van der Waals surface area (Å²) in [5, 5.41) is 0. The summed E-state index contributed by atoms with van der Waals surface area (Å²) in [6.45, 7) is 7.30. The topological polar surface area (TPSA) is 85.5 Å². The molecule has 2 heterocycles. The van der Waals surface area contributed by atoms with Crippen LogP contribution in [0.15, 0.2) is 6.07 Å². The molecular weight excluding hydrogens is 246 g/mol. The molecule has 7 nitrogen and oxygen atoms in total. The molecule has 0 aromatic carbocycles. The molecule has 1 atom stereocenters. The molecule has 2 rings (SSSR count). The van der Waals surface area contributed by atoms with Gasteiger partial charge in [0.15, 0.2) is 5.82 Å². The second-order valence-electron chi connectivity index (χ2n) is 4.43. The Morgan fingerprint density at radius 3 is 3.11 bits per heavy atom. The Labute approximate surface area is 113 Å². The molecule has 3 N–H and O–H groups in total. The lowest BCUT2D eigenvalue weighted by Gasteiger charge is -2.34. The van der Waals surface area contributed by atoms with Gasteiger partial charge >= 0.3 is 0 Å². The van der Waals surface area contributed by atoms with Crippen molar-refractivity contribution >= 4 is 11.6 Å².